The first-order valence-electron chi connectivity index (χ1n) is 5.72. The molecule has 0 saturated heterocycles. The topological polar surface area (TPSA) is 35.5 Å². The van der Waals surface area contributed by atoms with Gasteiger partial charge in [-0.05, 0) is 27.9 Å². The summed E-state index contributed by atoms with van der Waals surface area (Å²) in [5.41, 5.74) is 1.59. The highest BCUT2D eigenvalue weighted by Gasteiger charge is 2.23. The third kappa shape index (κ3) is 2.32. The molecule has 1 aliphatic rings. The Labute approximate surface area is 109 Å². The minimum Gasteiger partial charge on any atom is -0.489 e. The normalized spacial score (nSPS) is 14.6. The van der Waals surface area contributed by atoms with Crippen molar-refractivity contribution in [3.63, 3.8) is 0 Å². The quantitative estimate of drug-likeness (QED) is 0.783. The molecule has 0 unspecified atom stereocenters. The highest BCUT2D eigenvalue weighted by Crippen LogP contribution is 2.44. The summed E-state index contributed by atoms with van der Waals surface area (Å²) in [7, 11) is 0. The number of carbonyl (C=O) groups is 1. The van der Waals surface area contributed by atoms with E-state index in [-0.39, 0.29) is 5.92 Å². The molecule has 0 N–H and O–H groups in total. The lowest BCUT2D eigenvalue weighted by Crippen LogP contribution is -2.03. The number of hydrogen-bond donors (Lipinski definition) is 0. The van der Waals surface area contributed by atoms with Crippen LogP contribution in [-0.4, -0.2) is 19.5 Å². The fourth-order valence-corrected chi connectivity index (χ4v) is 2.56. The van der Waals surface area contributed by atoms with E-state index in [4.69, 9.17) is 9.47 Å². The molecule has 1 aromatic carbocycles. The van der Waals surface area contributed by atoms with Crippen molar-refractivity contribution in [3.05, 3.63) is 21.7 Å². The first-order valence-corrected chi connectivity index (χ1v) is 6.51. The fraction of sp³-hybridized carbons (Fsp3) is 0.462. The Bertz CT molecular complexity index is 441. The van der Waals surface area contributed by atoms with Gasteiger partial charge in [0.25, 0.3) is 0 Å². The predicted octanol–water partition coefficient (Wildman–Crippen LogP) is 3.55. The Morgan fingerprint density at radius 2 is 1.94 bits per heavy atom. The van der Waals surface area contributed by atoms with Crippen LogP contribution in [0, 0.1) is 0 Å². The molecule has 0 atom stereocenters. The second-order valence-electron chi connectivity index (χ2n) is 4.34. The lowest BCUT2D eigenvalue weighted by molar-refractivity contribution is 0.112. The van der Waals surface area contributed by atoms with Crippen LogP contribution in [0.4, 0.5) is 0 Å². The summed E-state index contributed by atoms with van der Waals surface area (Å²) in [6.07, 6.45) is 1.73. The average Bonchev–Trinajstić information content (AvgIpc) is 2.53. The zero-order valence-electron chi connectivity index (χ0n) is 9.96. The third-order valence-electron chi connectivity index (χ3n) is 2.75. The molecule has 0 spiro atoms. The molecule has 4 heteroatoms. The highest BCUT2D eigenvalue weighted by molar-refractivity contribution is 9.10. The van der Waals surface area contributed by atoms with Crippen molar-refractivity contribution in [1.29, 1.82) is 0 Å². The Morgan fingerprint density at radius 3 is 2.53 bits per heavy atom. The molecule has 17 heavy (non-hydrogen) atoms. The monoisotopic (exact) mass is 298 g/mol. The Balaban J connectivity index is 2.66. The smallest absolute Gasteiger partial charge is 0.175 e. The first kappa shape index (κ1) is 12.4. The summed E-state index contributed by atoms with van der Waals surface area (Å²) in [4.78, 5) is 11.1. The second kappa shape index (κ2) is 5.08. The van der Waals surface area contributed by atoms with Gasteiger partial charge in [-0.1, -0.05) is 13.8 Å². The molecule has 92 valence electrons. The van der Waals surface area contributed by atoms with Gasteiger partial charge in [-0.15, -0.1) is 0 Å². The molecule has 0 radical (unpaired) electrons. The molecule has 0 saturated carbocycles. The van der Waals surface area contributed by atoms with Crippen LogP contribution in [0.2, 0.25) is 0 Å². The van der Waals surface area contributed by atoms with Crippen molar-refractivity contribution < 1.29 is 14.3 Å². The molecule has 1 aromatic rings. The van der Waals surface area contributed by atoms with Crippen LogP contribution in [-0.2, 0) is 0 Å². The van der Waals surface area contributed by atoms with E-state index in [9.17, 15) is 4.79 Å². The van der Waals surface area contributed by atoms with E-state index in [0.717, 1.165) is 28.5 Å². The van der Waals surface area contributed by atoms with Crippen LogP contribution < -0.4 is 9.47 Å². The largest absolute Gasteiger partial charge is 0.489 e. The van der Waals surface area contributed by atoms with E-state index in [0.29, 0.717) is 24.5 Å². The molecule has 1 heterocycles. The van der Waals surface area contributed by atoms with Crippen LogP contribution in [0.1, 0.15) is 42.1 Å². The maximum Gasteiger partial charge on any atom is 0.175 e. The number of halogens is 1. The number of benzene rings is 1. The zero-order valence-corrected chi connectivity index (χ0v) is 11.5. The van der Waals surface area contributed by atoms with Gasteiger partial charge in [0, 0.05) is 17.5 Å². The van der Waals surface area contributed by atoms with E-state index in [1.54, 1.807) is 6.07 Å². The molecule has 0 fully saturated rings. The summed E-state index contributed by atoms with van der Waals surface area (Å²) >= 11 is 3.43. The SMILES string of the molecule is CC(C)c1c(C=O)cc(Br)c2c1OCCCO2. The van der Waals surface area contributed by atoms with Gasteiger partial charge in [-0.25, -0.2) is 0 Å². The lowest BCUT2D eigenvalue weighted by Gasteiger charge is -2.18. The average molecular weight is 299 g/mol. The number of aldehydes is 1. The van der Waals surface area contributed by atoms with Gasteiger partial charge < -0.3 is 9.47 Å². The molecular weight excluding hydrogens is 284 g/mol. The highest BCUT2D eigenvalue weighted by atomic mass is 79.9. The zero-order chi connectivity index (χ0) is 12.4. The maximum absolute atomic E-state index is 11.1. The lowest BCUT2D eigenvalue weighted by atomic mass is 9.96. The van der Waals surface area contributed by atoms with Crippen molar-refractivity contribution in [2.45, 2.75) is 26.2 Å². The van der Waals surface area contributed by atoms with Crippen molar-refractivity contribution >= 4 is 22.2 Å². The minimum atomic E-state index is 0.221. The molecule has 3 nitrogen and oxygen atoms in total. The number of carbonyl (C=O) groups excluding carboxylic acids is 1. The number of rotatable bonds is 2. The third-order valence-corrected chi connectivity index (χ3v) is 3.34. The number of hydrogen-bond acceptors (Lipinski definition) is 3. The van der Waals surface area contributed by atoms with Gasteiger partial charge in [-0.3, -0.25) is 4.79 Å². The molecule has 0 amide bonds. The fourth-order valence-electron chi connectivity index (χ4n) is 2.02. The van der Waals surface area contributed by atoms with Gasteiger partial charge in [0.1, 0.15) is 0 Å². The van der Waals surface area contributed by atoms with Gasteiger partial charge >= 0.3 is 0 Å². The van der Waals surface area contributed by atoms with Crippen molar-refractivity contribution in [3.8, 4) is 11.5 Å². The van der Waals surface area contributed by atoms with Crippen molar-refractivity contribution in [1.82, 2.24) is 0 Å². The first-order chi connectivity index (χ1) is 8.15. The van der Waals surface area contributed by atoms with Crippen LogP contribution in [0.5, 0.6) is 11.5 Å². The summed E-state index contributed by atoms with van der Waals surface area (Å²) in [5.74, 6) is 1.66. The minimum absolute atomic E-state index is 0.221. The Kier molecular flexibility index (Phi) is 3.72. The molecule has 0 aliphatic carbocycles. The van der Waals surface area contributed by atoms with E-state index in [1.807, 2.05) is 13.8 Å². The standard InChI is InChI=1S/C13H15BrO3/c1-8(2)11-9(7-15)6-10(14)12-13(11)17-5-3-4-16-12/h6-8H,3-5H2,1-2H3. The van der Waals surface area contributed by atoms with Gasteiger partial charge in [-0.2, -0.15) is 0 Å². The summed E-state index contributed by atoms with van der Waals surface area (Å²) in [6.45, 7) is 5.36. The van der Waals surface area contributed by atoms with Crippen LogP contribution in [0.25, 0.3) is 0 Å². The van der Waals surface area contributed by atoms with Crippen LogP contribution in [0.3, 0.4) is 0 Å². The van der Waals surface area contributed by atoms with Gasteiger partial charge in [0.05, 0.1) is 17.7 Å². The van der Waals surface area contributed by atoms with E-state index in [2.05, 4.69) is 15.9 Å². The molecule has 1 aliphatic heterocycles. The van der Waals surface area contributed by atoms with Crippen LogP contribution in [0.15, 0.2) is 10.5 Å². The van der Waals surface area contributed by atoms with Gasteiger partial charge in [0.15, 0.2) is 17.8 Å². The second-order valence-corrected chi connectivity index (χ2v) is 5.20. The molecule has 2 rings (SSSR count). The Morgan fingerprint density at radius 1 is 1.29 bits per heavy atom. The number of fused-ring (bicyclic) bond motifs is 1. The van der Waals surface area contributed by atoms with E-state index in [1.165, 1.54) is 0 Å². The van der Waals surface area contributed by atoms with Crippen molar-refractivity contribution in [2.75, 3.05) is 13.2 Å². The van der Waals surface area contributed by atoms with Crippen LogP contribution >= 0.6 is 15.9 Å². The summed E-state index contributed by atoms with van der Waals surface area (Å²) in [6, 6.07) is 1.80. The van der Waals surface area contributed by atoms with E-state index >= 15 is 0 Å². The Hall–Kier alpha value is -1.03. The number of ether oxygens (including phenoxy) is 2. The summed E-state index contributed by atoms with van der Waals surface area (Å²) in [5, 5.41) is 0. The molecular formula is C13H15BrO3. The van der Waals surface area contributed by atoms with Gasteiger partial charge in [0.2, 0.25) is 0 Å². The maximum atomic E-state index is 11.1. The van der Waals surface area contributed by atoms with E-state index < -0.39 is 0 Å². The summed E-state index contributed by atoms with van der Waals surface area (Å²) < 4.78 is 12.2. The predicted molar refractivity (Wildman–Crippen MR) is 69.2 cm³/mol. The van der Waals surface area contributed by atoms with Crippen molar-refractivity contribution in [2.24, 2.45) is 0 Å². The molecule has 0 bridgehead atoms. The molecule has 0 aromatic heterocycles.